The summed E-state index contributed by atoms with van der Waals surface area (Å²) in [5.74, 6) is 1.03. The van der Waals surface area contributed by atoms with E-state index in [1.54, 1.807) is 0 Å². The molecule has 1 aliphatic carbocycles. The van der Waals surface area contributed by atoms with Gasteiger partial charge in [0, 0.05) is 128 Å². The number of nitrogens with zero attached hydrogens (tertiary/aromatic N) is 13. The van der Waals surface area contributed by atoms with Crippen LogP contribution in [0.15, 0.2) is 0 Å². The van der Waals surface area contributed by atoms with Gasteiger partial charge in [-0.3, -0.25) is 0 Å². The summed E-state index contributed by atoms with van der Waals surface area (Å²) in [6.45, 7) is 36.9. The highest BCUT2D eigenvalue weighted by molar-refractivity contribution is 5.05. The van der Waals surface area contributed by atoms with E-state index in [9.17, 15) is 0 Å². The van der Waals surface area contributed by atoms with E-state index in [0.29, 0.717) is 27.1 Å². The molecule has 424 valence electrons. The summed E-state index contributed by atoms with van der Waals surface area (Å²) in [5, 5.41) is 0. The molecule has 0 amide bonds. The predicted molar refractivity (Wildman–Crippen MR) is 309 cm³/mol. The fraction of sp³-hybridized carbons (Fsp3) is 1.00. The molecule has 13 heteroatoms. The molecule has 0 bridgehead atoms. The maximum Gasteiger partial charge on any atom is 0.0211 e. The minimum atomic E-state index is 0.668. The third kappa shape index (κ3) is 15.4. The largest absolute Gasteiger partial charge is 0.306 e. The summed E-state index contributed by atoms with van der Waals surface area (Å²) < 4.78 is 0. The van der Waals surface area contributed by atoms with Crippen LogP contribution < -0.4 is 0 Å². The highest BCUT2D eigenvalue weighted by atomic mass is 15.3. The fourth-order valence-electron chi connectivity index (χ4n) is 18.5. The third-order valence-corrected chi connectivity index (χ3v) is 21.3. The van der Waals surface area contributed by atoms with Crippen molar-refractivity contribution < 1.29 is 0 Å². The highest BCUT2D eigenvalue weighted by Gasteiger charge is 2.50. The van der Waals surface area contributed by atoms with Gasteiger partial charge in [-0.05, 0) is 255 Å². The summed E-state index contributed by atoms with van der Waals surface area (Å²) >= 11 is 0. The van der Waals surface area contributed by atoms with Gasteiger partial charge >= 0.3 is 0 Å². The van der Waals surface area contributed by atoms with Gasteiger partial charge in [-0.15, -0.1) is 0 Å². The second-order valence-electron chi connectivity index (χ2n) is 30.4. The van der Waals surface area contributed by atoms with E-state index < -0.39 is 0 Å². The summed E-state index contributed by atoms with van der Waals surface area (Å²) in [7, 11) is 29.0. The highest BCUT2D eigenvalue weighted by Crippen LogP contribution is 2.51. The van der Waals surface area contributed by atoms with Crippen LogP contribution in [0.2, 0.25) is 0 Å². The SMILES string of the molecule is CC1CC2(C1)CN(C)C2.CN1CC2(C1)CN(C)C2.CN1CCC2(C1)CN(C)C2.CN1CCC2(C1)CN(C)C2.CN1CCC2(CC1)CCN(C)C2.CN1CCC2(CCN(C)C2)C1.CN1CCCC2(CCN(C)C2)C1. The molecule has 13 nitrogen and oxygen atoms in total. The first kappa shape index (κ1) is 58.6. The lowest BCUT2D eigenvalue weighted by Crippen LogP contribution is -2.70. The van der Waals surface area contributed by atoms with Crippen molar-refractivity contribution in [2.75, 3.05) is 262 Å². The van der Waals surface area contributed by atoms with Crippen molar-refractivity contribution in [3.05, 3.63) is 0 Å². The molecule has 1 atom stereocenters. The van der Waals surface area contributed by atoms with Gasteiger partial charge in [-0.2, -0.15) is 0 Å². The maximum absolute atomic E-state index is 2.50. The van der Waals surface area contributed by atoms with Crippen LogP contribution in [0, 0.1) is 43.8 Å². The van der Waals surface area contributed by atoms with E-state index in [1.165, 1.54) is 247 Å². The molecular formula is C60H119N13. The Morgan fingerprint density at radius 2 is 0.425 bits per heavy atom. The zero-order valence-electron chi connectivity index (χ0n) is 50.8. The van der Waals surface area contributed by atoms with Crippen molar-refractivity contribution in [2.45, 2.75) is 84.0 Å². The lowest BCUT2D eigenvalue weighted by molar-refractivity contribution is -0.0926. The van der Waals surface area contributed by atoms with Crippen molar-refractivity contribution in [1.82, 2.24) is 63.7 Å². The molecule has 0 aromatic rings. The third-order valence-electron chi connectivity index (χ3n) is 21.3. The number of piperidine rings is 2. The van der Waals surface area contributed by atoms with Crippen LogP contribution in [0.5, 0.6) is 0 Å². The number of hydrogen-bond acceptors (Lipinski definition) is 13. The Hall–Kier alpha value is -0.520. The van der Waals surface area contributed by atoms with E-state index in [4.69, 9.17) is 0 Å². The standard InChI is InChI=1S/2C10H20N2.C9H18N2.2C8H16N2.C8H15N.C7H14N2/c1-11-6-3-10(4-7-11)5-8-12(2)9-10;1-11-6-3-4-10(8-11)5-7-12(2)9-10;1-10-5-3-9(7-10)4-6-11(2)8-9;2*1-9-4-3-8(5-9)6-10(2)7-8;1-7-3-8(4-7)5-9(2)6-8;1-8-3-7(4-8)5-9(2)6-7/h2*3-9H2,1-2H3;3-8H2,1-2H3;2*3-7H2,1-2H3;7H,3-6H2,1-2H3;3-6H2,1-2H3. The Bertz CT molecular complexity index is 1550. The predicted octanol–water partition coefficient (Wildman–Crippen LogP) is 4.43. The van der Waals surface area contributed by atoms with E-state index in [-0.39, 0.29) is 0 Å². The maximum atomic E-state index is 2.50. The summed E-state index contributed by atoms with van der Waals surface area (Å²) in [6, 6.07) is 0. The fourth-order valence-corrected chi connectivity index (χ4v) is 18.5. The van der Waals surface area contributed by atoms with E-state index in [1.807, 2.05) is 0 Å². The second kappa shape index (κ2) is 24.1. The van der Waals surface area contributed by atoms with Crippen molar-refractivity contribution in [3.8, 4) is 0 Å². The van der Waals surface area contributed by atoms with Crippen LogP contribution >= 0.6 is 0 Å². The Labute approximate surface area is 451 Å². The number of hydrogen-bond donors (Lipinski definition) is 0. The van der Waals surface area contributed by atoms with Gasteiger partial charge in [0.15, 0.2) is 0 Å². The average molecular weight is 1020 g/mol. The van der Waals surface area contributed by atoms with Crippen LogP contribution in [0.1, 0.15) is 84.0 Å². The van der Waals surface area contributed by atoms with Crippen LogP contribution in [0.25, 0.3) is 0 Å². The van der Waals surface area contributed by atoms with Gasteiger partial charge in [0.25, 0.3) is 0 Å². The zero-order valence-corrected chi connectivity index (χ0v) is 50.8. The second-order valence-corrected chi connectivity index (χ2v) is 30.4. The molecule has 13 aliphatic heterocycles. The monoisotopic (exact) mass is 1020 g/mol. The normalized spacial score (nSPS) is 33.9. The van der Waals surface area contributed by atoms with Crippen LogP contribution in [-0.4, -0.2) is 325 Å². The smallest absolute Gasteiger partial charge is 0.0211 e. The first-order valence-electron chi connectivity index (χ1n) is 30.3. The molecule has 1 saturated carbocycles. The van der Waals surface area contributed by atoms with Gasteiger partial charge in [-0.25, -0.2) is 0 Å². The van der Waals surface area contributed by atoms with E-state index in [0.717, 1.165) is 16.7 Å². The van der Waals surface area contributed by atoms with Gasteiger partial charge in [0.1, 0.15) is 0 Å². The molecule has 0 aromatic heterocycles. The lowest BCUT2D eigenvalue weighted by Gasteiger charge is -2.58. The molecule has 7 spiro atoms. The molecule has 73 heavy (non-hydrogen) atoms. The summed E-state index contributed by atoms with van der Waals surface area (Å²) in [6.07, 6.45) is 17.3. The lowest BCUT2D eigenvalue weighted by atomic mass is 9.58. The van der Waals surface area contributed by atoms with Crippen LogP contribution in [0.3, 0.4) is 0 Å². The molecule has 14 aliphatic rings. The van der Waals surface area contributed by atoms with Crippen molar-refractivity contribution in [1.29, 1.82) is 0 Å². The molecular weight excluding hydrogens is 903 g/mol. The van der Waals surface area contributed by atoms with Gasteiger partial charge in [-0.1, -0.05) is 6.92 Å². The number of rotatable bonds is 0. The minimum absolute atomic E-state index is 0.668. The zero-order chi connectivity index (χ0) is 52.5. The molecule has 0 aromatic carbocycles. The van der Waals surface area contributed by atoms with E-state index >= 15 is 0 Å². The Morgan fingerprint density at radius 1 is 0.205 bits per heavy atom. The quantitative estimate of drug-likeness (QED) is 0.345. The van der Waals surface area contributed by atoms with Crippen molar-refractivity contribution in [2.24, 2.45) is 43.8 Å². The Morgan fingerprint density at radius 3 is 0.699 bits per heavy atom. The van der Waals surface area contributed by atoms with Crippen molar-refractivity contribution >= 4 is 0 Å². The van der Waals surface area contributed by atoms with Crippen LogP contribution in [0.4, 0.5) is 0 Å². The molecule has 13 heterocycles. The summed E-state index contributed by atoms with van der Waals surface area (Å²) in [5.41, 5.74) is 5.04. The van der Waals surface area contributed by atoms with Gasteiger partial charge < -0.3 is 63.7 Å². The van der Waals surface area contributed by atoms with Crippen LogP contribution in [-0.2, 0) is 0 Å². The van der Waals surface area contributed by atoms with Crippen molar-refractivity contribution in [3.63, 3.8) is 0 Å². The van der Waals surface area contributed by atoms with Gasteiger partial charge in [0.2, 0.25) is 0 Å². The van der Waals surface area contributed by atoms with E-state index in [2.05, 4.69) is 162 Å². The first-order chi connectivity index (χ1) is 34.4. The minimum Gasteiger partial charge on any atom is -0.306 e. The van der Waals surface area contributed by atoms with Gasteiger partial charge in [0.05, 0.1) is 0 Å². The first-order valence-corrected chi connectivity index (χ1v) is 30.3. The number of likely N-dealkylation sites (tertiary alicyclic amines) is 13. The topological polar surface area (TPSA) is 42.1 Å². The molecule has 0 radical (unpaired) electrons. The Kier molecular flexibility index (Phi) is 19.3. The molecule has 1 unspecified atom stereocenters. The molecule has 14 rings (SSSR count). The summed E-state index contributed by atoms with van der Waals surface area (Å²) in [4.78, 5) is 31.8. The molecule has 0 N–H and O–H groups in total. The molecule has 14 fully saturated rings. The molecule has 13 saturated heterocycles. The Balaban J connectivity index is 0.000000114. The average Bonchev–Trinajstić information content (AvgIpc) is 4.14.